The lowest BCUT2D eigenvalue weighted by molar-refractivity contribution is 0.0695. The first-order valence-corrected chi connectivity index (χ1v) is 7.87. The van der Waals surface area contributed by atoms with Crippen molar-refractivity contribution in [2.45, 2.75) is 0 Å². The van der Waals surface area contributed by atoms with Crippen LogP contribution in [0, 0.1) is 0 Å². The van der Waals surface area contributed by atoms with E-state index in [-0.39, 0.29) is 30.1 Å². The van der Waals surface area contributed by atoms with E-state index in [0.29, 0.717) is 5.75 Å². The second-order valence-corrected chi connectivity index (χ2v) is 5.35. The molecule has 0 bridgehead atoms. The van der Waals surface area contributed by atoms with Crippen molar-refractivity contribution in [1.29, 1.82) is 0 Å². The van der Waals surface area contributed by atoms with Crippen molar-refractivity contribution in [3.05, 3.63) is 52.5 Å². The molecule has 2 rings (SSSR count). The molecule has 0 spiro atoms. The van der Waals surface area contributed by atoms with Gasteiger partial charge in [0.1, 0.15) is 30.2 Å². The lowest BCUT2D eigenvalue weighted by Crippen LogP contribution is -2.24. The molecule has 1 aromatic carbocycles. The first-order chi connectivity index (χ1) is 13.3. The van der Waals surface area contributed by atoms with Gasteiger partial charge in [-0.3, -0.25) is 4.79 Å². The minimum atomic E-state index is -1.60. The largest absolute Gasteiger partial charge is 0.498 e. The molecule has 28 heavy (non-hydrogen) atoms. The third-order valence-corrected chi connectivity index (χ3v) is 3.70. The number of nitrogen functional groups attached to an aromatic ring is 1. The van der Waals surface area contributed by atoms with E-state index < -0.39 is 34.4 Å². The van der Waals surface area contributed by atoms with E-state index in [1.165, 1.54) is 31.6 Å². The summed E-state index contributed by atoms with van der Waals surface area (Å²) in [4.78, 5) is 37.4. The fourth-order valence-electron chi connectivity index (χ4n) is 2.56. The molecule has 0 saturated heterocycles. The van der Waals surface area contributed by atoms with Crippen LogP contribution in [0.1, 0.15) is 20.7 Å². The number of aromatic nitrogens is 1. The number of nitrogens with two attached hydrogens (primary N) is 1. The minimum Gasteiger partial charge on any atom is -0.498 e. The molecule has 5 N–H and O–H groups in total. The van der Waals surface area contributed by atoms with Crippen molar-refractivity contribution < 1.29 is 34.0 Å². The highest BCUT2D eigenvalue weighted by Gasteiger charge is 2.27. The van der Waals surface area contributed by atoms with E-state index in [1.54, 1.807) is 0 Å². The number of benzene rings is 1. The Morgan fingerprint density at radius 3 is 2.43 bits per heavy atom. The summed E-state index contributed by atoms with van der Waals surface area (Å²) in [6, 6.07) is 4.22. The van der Waals surface area contributed by atoms with Gasteiger partial charge in [-0.1, -0.05) is 12.6 Å². The van der Waals surface area contributed by atoms with E-state index in [2.05, 4.69) is 6.58 Å². The molecule has 10 heteroatoms. The molecule has 0 unspecified atom stereocenters. The zero-order valence-electron chi connectivity index (χ0n) is 14.9. The van der Waals surface area contributed by atoms with Gasteiger partial charge in [0.25, 0.3) is 5.56 Å². The minimum absolute atomic E-state index is 0.110. The van der Waals surface area contributed by atoms with E-state index >= 15 is 0 Å². The number of hydrogen-bond acceptors (Lipinski definition) is 7. The molecule has 0 aliphatic carbocycles. The Balaban J connectivity index is 2.64. The number of nitrogens with one attached hydrogen (secondary N) is 1. The number of carboxylic acid groups (broad SMARTS) is 2. The molecule has 148 valence electrons. The number of H-pyrrole nitrogens is 1. The molecule has 0 atom stereocenters. The van der Waals surface area contributed by atoms with Gasteiger partial charge < -0.3 is 35.1 Å². The molecule has 2 aromatic rings. The van der Waals surface area contributed by atoms with Crippen molar-refractivity contribution in [2.75, 3.05) is 26.1 Å². The molecule has 1 aromatic heterocycles. The predicted octanol–water partition coefficient (Wildman–Crippen LogP) is 1.57. The maximum Gasteiger partial charge on any atom is 0.342 e. The molecule has 0 fully saturated rings. The highest BCUT2D eigenvalue weighted by Crippen LogP contribution is 2.36. The van der Waals surface area contributed by atoms with E-state index in [4.69, 9.17) is 19.9 Å². The third-order valence-electron chi connectivity index (χ3n) is 3.70. The van der Waals surface area contributed by atoms with Crippen LogP contribution in [0.25, 0.3) is 11.1 Å². The monoisotopic (exact) mass is 390 g/mol. The number of ether oxygens (including phenoxy) is 3. The second-order valence-electron chi connectivity index (χ2n) is 5.35. The number of anilines is 1. The van der Waals surface area contributed by atoms with Crippen LogP contribution >= 0.6 is 0 Å². The molecule has 0 amide bonds. The van der Waals surface area contributed by atoms with Gasteiger partial charge in [-0.15, -0.1) is 0 Å². The van der Waals surface area contributed by atoms with Crippen LogP contribution in [0.15, 0.2) is 35.8 Å². The molecule has 0 saturated carbocycles. The smallest absolute Gasteiger partial charge is 0.342 e. The maximum atomic E-state index is 12.1. The van der Waals surface area contributed by atoms with Gasteiger partial charge in [-0.2, -0.15) is 0 Å². The quantitative estimate of drug-likeness (QED) is 0.368. The van der Waals surface area contributed by atoms with Gasteiger partial charge >= 0.3 is 11.9 Å². The summed E-state index contributed by atoms with van der Waals surface area (Å²) in [7, 11) is 1.36. The average molecular weight is 390 g/mol. The van der Waals surface area contributed by atoms with Crippen molar-refractivity contribution >= 4 is 17.8 Å². The second kappa shape index (κ2) is 8.62. The van der Waals surface area contributed by atoms with Gasteiger partial charge in [0, 0.05) is 5.56 Å². The maximum absolute atomic E-state index is 12.1. The number of aromatic carboxylic acids is 2. The third kappa shape index (κ3) is 4.06. The standard InChI is InChI=1S/C18H18N2O8/c1-3-27-6-7-28-10-5-4-9(8-11(10)26-2)12-13(17(22)23)15(19)20-16(21)14(12)18(24)25/h3-5,8H,1,6-7H2,2H3,(H,22,23)(H,24,25)(H3,19,20,21). The van der Waals surface area contributed by atoms with Crippen LogP contribution in [0.3, 0.4) is 0 Å². The molecule has 0 aliphatic heterocycles. The Bertz CT molecular complexity index is 980. The van der Waals surface area contributed by atoms with Crippen LogP contribution in [0.2, 0.25) is 0 Å². The number of carboxylic acids is 2. The normalized spacial score (nSPS) is 10.2. The van der Waals surface area contributed by atoms with Crippen LogP contribution in [-0.2, 0) is 4.74 Å². The highest BCUT2D eigenvalue weighted by molar-refractivity contribution is 6.07. The predicted molar refractivity (Wildman–Crippen MR) is 99.0 cm³/mol. The molecule has 10 nitrogen and oxygen atoms in total. The van der Waals surface area contributed by atoms with Crippen molar-refractivity contribution in [1.82, 2.24) is 4.98 Å². The van der Waals surface area contributed by atoms with Crippen molar-refractivity contribution in [3.8, 4) is 22.6 Å². The molecule has 1 heterocycles. The molecule has 0 radical (unpaired) electrons. The summed E-state index contributed by atoms with van der Waals surface area (Å²) >= 11 is 0. The Morgan fingerprint density at radius 1 is 1.18 bits per heavy atom. The number of pyridine rings is 1. The molecule has 0 aliphatic rings. The van der Waals surface area contributed by atoms with Crippen LogP contribution in [0.5, 0.6) is 11.5 Å². The van der Waals surface area contributed by atoms with Gasteiger partial charge in [0.15, 0.2) is 11.5 Å². The first-order valence-electron chi connectivity index (χ1n) is 7.87. The Morgan fingerprint density at radius 2 is 1.86 bits per heavy atom. The molecular weight excluding hydrogens is 372 g/mol. The summed E-state index contributed by atoms with van der Waals surface area (Å²) in [5, 5.41) is 18.9. The van der Waals surface area contributed by atoms with Crippen LogP contribution < -0.4 is 20.8 Å². The number of carbonyl (C=O) groups is 2. The van der Waals surface area contributed by atoms with E-state index in [0.717, 1.165) is 0 Å². The van der Waals surface area contributed by atoms with Gasteiger partial charge in [0.2, 0.25) is 0 Å². The lowest BCUT2D eigenvalue weighted by Gasteiger charge is -2.15. The number of hydrogen-bond donors (Lipinski definition) is 4. The summed E-state index contributed by atoms with van der Waals surface area (Å²) in [6.07, 6.45) is 1.27. The fourth-order valence-corrected chi connectivity index (χ4v) is 2.56. The number of methoxy groups -OCH3 is 1. The number of rotatable bonds is 9. The van der Waals surface area contributed by atoms with Gasteiger partial charge in [-0.05, 0) is 17.7 Å². The highest BCUT2D eigenvalue weighted by atomic mass is 16.5. The zero-order chi connectivity index (χ0) is 20.8. The Labute approximate surface area is 158 Å². The average Bonchev–Trinajstić information content (AvgIpc) is 2.63. The fraction of sp³-hybridized carbons (Fsp3) is 0.167. The van der Waals surface area contributed by atoms with Crippen molar-refractivity contribution in [2.24, 2.45) is 0 Å². The lowest BCUT2D eigenvalue weighted by atomic mass is 9.95. The summed E-state index contributed by atoms with van der Waals surface area (Å²) in [5.41, 5.74) is 3.09. The number of aromatic amines is 1. The summed E-state index contributed by atoms with van der Waals surface area (Å²) in [5.74, 6) is -3.04. The first kappa shape index (κ1) is 20.4. The van der Waals surface area contributed by atoms with Crippen LogP contribution in [0.4, 0.5) is 5.82 Å². The Kier molecular flexibility index (Phi) is 6.27. The summed E-state index contributed by atoms with van der Waals surface area (Å²) < 4.78 is 15.7. The van der Waals surface area contributed by atoms with Gasteiger partial charge in [0.05, 0.1) is 13.4 Å². The van der Waals surface area contributed by atoms with E-state index in [9.17, 15) is 24.6 Å². The summed E-state index contributed by atoms with van der Waals surface area (Å²) in [6.45, 7) is 3.83. The van der Waals surface area contributed by atoms with Gasteiger partial charge in [-0.25, -0.2) is 9.59 Å². The van der Waals surface area contributed by atoms with E-state index in [1.807, 2.05) is 4.98 Å². The zero-order valence-corrected chi connectivity index (χ0v) is 14.9. The SMILES string of the molecule is C=COCCOc1ccc(-c2c(C(=O)O)c(N)[nH]c(=O)c2C(=O)O)cc1OC. The van der Waals surface area contributed by atoms with Crippen LogP contribution in [-0.4, -0.2) is 47.5 Å². The Hall–Kier alpha value is -3.95. The molecular formula is C18H18N2O8. The van der Waals surface area contributed by atoms with Crippen molar-refractivity contribution in [3.63, 3.8) is 0 Å². The topological polar surface area (TPSA) is 161 Å².